The summed E-state index contributed by atoms with van der Waals surface area (Å²) in [5, 5.41) is 13.4. The van der Waals surface area contributed by atoms with Crippen molar-refractivity contribution in [3.8, 4) is 17.1 Å². The molecule has 0 radical (unpaired) electrons. The Morgan fingerprint density at radius 3 is 2.58 bits per heavy atom. The molecular weight excluding hydrogens is 352 g/mol. The van der Waals surface area contributed by atoms with Crippen molar-refractivity contribution in [3.05, 3.63) is 36.4 Å². The predicted molar refractivity (Wildman–Crippen MR) is 99.3 cm³/mol. The van der Waals surface area contributed by atoms with Gasteiger partial charge in [-0.25, -0.2) is 0 Å². The first-order valence-corrected chi connectivity index (χ1v) is 9.24. The van der Waals surface area contributed by atoms with Crippen LogP contribution in [0.3, 0.4) is 0 Å². The van der Waals surface area contributed by atoms with E-state index in [4.69, 9.17) is 9.47 Å². The molecule has 26 heavy (non-hydrogen) atoms. The summed E-state index contributed by atoms with van der Waals surface area (Å²) in [5.74, 6) is 1.18. The average Bonchev–Trinajstić information content (AvgIpc) is 3.09. The van der Waals surface area contributed by atoms with Crippen LogP contribution in [0.15, 0.2) is 41.4 Å². The molecule has 0 spiro atoms. The average molecular weight is 372 g/mol. The van der Waals surface area contributed by atoms with Crippen molar-refractivity contribution in [3.63, 3.8) is 0 Å². The number of fused-ring (bicyclic) bond motifs is 1. The summed E-state index contributed by atoms with van der Waals surface area (Å²) in [6.45, 7) is 4.51. The fourth-order valence-electron chi connectivity index (χ4n) is 2.46. The van der Waals surface area contributed by atoms with Crippen molar-refractivity contribution in [2.75, 3.05) is 13.7 Å². The number of benzene rings is 1. The largest absolute Gasteiger partial charge is 0.494 e. The molecule has 1 aromatic carbocycles. The predicted octanol–water partition coefficient (Wildman–Crippen LogP) is 3.23. The first kappa shape index (κ1) is 18.2. The number of carbonyl (C=O) groups excluding carboxylic acids is 1. The van der Waals surface area contributed by atoms with Gasteiger partial charge in [-0.3, -0.25) is 4.79 Å². The molecule has 1 atom stereocenters. The molecule has 1 unspecified atom stereocenters. The molecule has 0 amide bonds. The molecule has 3 aromatic rings. The van der Waals surface area contributed by atoms with Crippen LogP contribution in [-0.2, 0) is 9.53 Å². The van der Waals surface area contributed by atoms with Gasteiger partial charge < -0.3 is 9.47 Å². The fraction of sp³-hybridized carbons (Fsp3) is 0.333. The smallest absolute Gasteiger partial charge is 0.319 e. The Kier molecular flexibility index (Phi) is 5.72. The molecule has 0 fully saturated rings. The maximum absolute atomic E-state index is 11.8. The van der Waals surface area contributed by atoms with Crippen molar-refractivity contribution < 1.29 is 14.3 Å². The van der Waals surface area contributed by atoms with Crippen molar-refractivity contribution in [2.24, 2.45) is 0 Å². The molecule has 3 rings (SSSR count). The second kappa shape index (κ2) is 8.18. The molecule has 2 heterocycles. The molecule has 0 N–H and O–H groups in total. The molecule has 0 saturated heterocycles. The molecule has 0 saturated carbocycles. The van der Waals surface area contributed by atoms with E-state index in [9.17, 15) is 4.79 Å². The van der Waals surface area contributed by atoms with Crippen LogP contribution in [0.1, 0.15) is 20.3 Å². The standard InChI is InChI=1S/C18H20N4O3S/c1-4-14(18(23)24-3)26-16-11-10-15-19-20-17(22(15)21-16)12-6-8-13(9-7-12)25-5-2/h6-11,14H,4-5H2,1-3H3. The number of aromatic nitrogens is 4. The molecule has 0 bridgehead atoms. The lowest BCUT2D eigenvalue weighted by molar-refractivity contribution is -0.140. The van der Waals surface area contributed by atoms with E-state index < -0.39 is 0 Å². The van der Waals surface area contributed by atoms with E-state index in [2.05, 4.69) is 15.3 Å². The number of carbonyl (C=O) groups is 1. The van der Waals surface area contributed by atoms with Gasteiger partial charge in [0.2, 0.25) is 0 Å². The summed E-state index contributed by atoms with van der Waals surface area (Å²) < 4.78 is 12.0. The minimum atomic E-state index is -0.296. The number of hydrogen-bond donors (Lipinski definition) is 0. The molecule has 0 aliphatic heterocycles. The number of thioether (sulfide) groups is 1. The van der Waals surface area contributed by atoms with Gasteiger partial charge in [-0.2, -0.15) is 9.61 Å². The maximum atomic E-state index is 11.8. The van der Waals surface area contributed by atoms with Crippen LogP contribution < -0.4 is 4.74 Å². The van der Waals surface area contributed by atoms with Crippen LogP contribution in [0.25, 0.3) is 17.0 Å². The van der Waals surface area contributed by atoms with Crippen LogP contribution >= 0.6 is 11.8 Å². The molecular formula is C18H20N4O3S. The Morgan fingerprint density at radius 2 is 1.92 bits per heavy atom. The van der Waals surface area contributed by atoms with E-state index in [1.165, 1.54) is 18.9 Å². The Bertz CT molecular complexity index is 895. The van der Waals surface area contributed by atoms with Crippen LogP contribution in [0.4, 0.5) is 0 Å². The van der Waals surface area contributed by atoms with Gasteiger partial charge >= 0.3 is 5.97 Å². The topological polar surface area (TPSA) is 78.6 Å². The molecule has 0 aliphatic carbocycles. The zero-order valence-electron chi connectivity index (χ0n) is 14.9. The Balaban J connectivity index is 1.91. The second-order valence-electron chi connectivity index (χ2n) is 5.46. The van der Waals surface area contributed by atoms with E-state index in [-0.39, 0.29) is 11.2 Å². The van der Waals surface area contributed by atoms with Crippen molar-refractivity contribution in [2.45, 2.75) is 30.5 Å². The van der Waals surface area contributed by atoms with Crippen molar-refractivity contribution in [1.29, 1.82) is 0 Å². The van der Waals surface area contributed by atoms with Gasteiger partial charge in [0.05, 0.1) is 13.7 Å². The molecule has 0 aliphatic rings. The number of esters is 1. The van der Waals surface area contributed by atoms with E-state index >= 15 is 0 Å². The minimum absolute atomic E-state index is 0.255. The SMILES string of the molecule is CCOc1ccc(-c2nnc3ccc(SC(CC)C(=O)OC)nn23)cc1. The van der Waals surface area contributed by atoms with Crippen LogP contribution in [-0.4, -0.2) is 44.7 Å². The summed E-state index contributed by atoms with van der Waals surface area (Å²) in [4.78, 5) is 11.8. The van der Waals surface area contributed by atoms with Gasteiger partial charge in [0.1, 0.15) is 16.0 Å². The monoisotopic (exact) mass is 372 g/mol. The normalized spacial score (nSPS) is 12.1. The lowest BCUT2D eigenvalue weighted by atomic mass is 10.2. The lowest BCUT2D eigenvalue weighted by Crippen LogP contribution is -2.18. The number of rotatable bonds is 7. The van der Waals surface area contributed by atoms with Crippen LogP contribution in [0.5, 0.6) is 5.75 Å². The highest BCUT2D eigenvalue weighted by atomic mass is 32.2. The number of ether oxygens (including phenoxy) is 2. The quantitative estimate of drug-likeness (QED) is 0.465. The van der Waals surface area contributed by atoms with Crippen molar-refractivity contribution >= 4 is 23.4 Å². The molecule has 2 aromatic heterocycles. The molecule has 8 heteroatoms. The Hall–Kier alpha value is -2.61. The summed E-state index contributed by atoms with van der Waals surface area (Å²) in [6.07, 6.45) is 0.658. The van der Waals surface area contributed by atoms with Gasteiger partial charge in [0.25, 0.3) is 0 Å². The molecule has 136 valence electrons. The Labute approximate surface area is 155 Å². The number of nitrogens with zero attached hydrogens (tertiary/aromatic N) is 4. The van der Waals surface area contributed by atoms with Gasteiger partial charge in [-0.15, -0.1) is 10.2 Å². The first-order chi connectivity index (χ1) is 12.7. The lowest BCUT2D eigenvalue weighted by Gasteiger charge is -2.11. The summed E-state index contributed by atoms with van der Waals surface area (Å²) >= 11 is 1.37. The highest BCUT2D eigenvalue weighted by Gasteiger charge is 2.20. The third kappa shape index (κ3) is 3.80. The van der Waals surface area contributed by atoms with E-state index in [0.717, 1.165) is 11.3 Å². The van der Waals surface area contributed by atoms with Gasteiger partial charge in [0.15, 0.2) is 11.5 Å². The van der Waals surface area contributed by atoms with E-state index in [1.807, 2.05) is 50.2 Å². The third-order valence-corrected chi connectivity index (χ3v) is 5.03. The van der Waals surface area contributed by atoms with Crippen molar-refractivity contribution in [1.82, 2.24) is 19.8 Å². The second-order valence-corrected chi connectivity index (χ2v) is 6.68. The maximum Gasteiger partial charge on any atom is 0.319 e. The summed E-state index contributed by atoms with van der Waals surface area (Å²) in [5.41, 5.74) is 1.53. The van der Waals surface area contributed by atoms with Crippen LogP contribution in [0, 0.1) is 0 Å². The summed E-state index contributed by atoms with van der Waals surface area (Å²) in [7, 11) is 1.39. The first-order valence-electron chi connectivity index (χ1n) is 8.36. The van der Waals surface area contributed by atoms with Gasteiger partial charge in [0, 0.05) is 5.56 Å². The minimum Gasteiger partial charge on any atom is -0.494 e. The highest BCUT2D eigenvalue weighted by Crippen LogP contribution is 2.26. The summed E-state index contributed by atoms with van der Waals surface area (Å²) in [6, 6.07) is 11.3. The zero-order valence-corrected chi connectivity index (χ0v) is 15.7. The van der Waals surface area contributed by atoms with E-state index in [1.54, 1.807) is 4.52 Å². The molecule has 7 nitrogen and oxygen atoms in total. The number of methoxy groups -OCH3 is 1. The zero-order chi connectivity index (χ0) is 18.5. The number of hydrogen-bond acceptors (Lipinski definition) is 7. The van der Waals surface area contributed by atoms with Gasteiger partial charge in [-0.05, 0) is 49.7 Å². The highest BCUT2D eigenvalue weighted by molar-refractivity contribution is 8.00. The van der Waals surface area contributed by atoms with Gasteiger partial charge in [-0.1, -0.05) is 18.7 Å². The Morgan fingerprint density at radius 1 is 1.15 bits per heavy atom. The third-order valence-electron chi connectivity index (χ3n) is 3.76. The fourth-order valence-corrected chi connectivity index (χ4v) is 3.38. The van der Waals surface area contributed by atoms with E-state index in [0.29, 0.717) is 29.5 Å². The van der Waals surface area contributed by atoms with Crippen LogP contribution in [0.2, 0.25) is 0 Å².